The summed E-state index contributed by atoms with van der Waals surface area (Å²) < 4.78 is 26.7. The van der Waals surface area contributed by atoms with Crippen LogP contribution >= 0.6 is 11.6 Å². The first-order valence-corrected chi connectivity index (χ1v) is 8.18. The number of halogens is 3. The number of hydrogen-bond acceptors (Lipinski definition) is 1. The van der Waals surface area contributed by atoms with Gasteiger partial charge in [0, 0.05) is 23.9 Å². The maximum Gasteiger partial charge on any atom is 0.248 e. The van der Waals surface area contributed by atoms with Crippen LogP contribution < -0.4 is 5.32 Å². The van der Waals surface area contributed by atoms with Crippen LogP contribution in [0.25, 0.3) is 0 Å². The molecule has 1 aliphatic carbocycles. The summed E-state index contributed by atoms with van der Waals surface area (Å²) in [6.45, 7) is 4.98. The number of rotatable bonds is 5. The Morgan fingerprint density at radius 2 is 2.00 bits per heavy atom. The smallest absolute Gasteiger partial charge is 0.248 e. The first-order chi connectivity index (χ1) is 9.93. The summed E-state index contributed by atoms with van der Waals surface area (Å²) in [5, 5.41) is 4.27. The van der Waals surface area contributed by atoms with E-state index in [1.54, 1.807) is 0 Å². The molecule has 0 saturated heterocycles. The van der Waals surface area contributed by atoms with E-state index in [1.165, 1.54) is 0 Å². The van der Waals surface area contributed by atoms with Crippen LogP contribution in [0.4, 0.5) is 8.78 Å². The van der Waals surface area contributed by atoms with E-state index in [9.17, 15) is 8.78 Å². The lowest BCUT2D eigenvalue weighted by atomic mass is 9.79. The van der Waals surface area contributed by atoms with Crippen LogP contribution in [0.2, 0.25) is 5.02 Å². The minimum atomic E-state index is -2.48. The molecule has 118 valence electrons. The number of aryl methyl sites for hydroxylation is 1. The molecule has 0 amide bonds. The molecule has 0 aromatic heterocycles. The summed E-state index contributed by atoms with van der Waals surface area (Å²) in [4.78, 5) is 0. The largest absolute Gasteiger partial charge is 0.310 e. The maximum atomic E-state index is 13.4. The number of hydrogen-bond donors (Lipinski definition) is 1. The predicted octanol–water partition coefficient (Wildman–Crippen LogP) is 5.51. The van der Waals surface area contributed by atoms with Crippen molar-refractivity contribution < 1.29 is 8.78 Å². The van der Waals surface area contributed by atoms with E-state index in [2.05, 4.69) is 18.3 Å². The Morgan fingerprint density at radius 1 is 1.33 bits per heavy atom. The molecule has 1 aromatic carbocycles. The van der Waals surface area contributed by atoms with Gasteiger partial charge in [0.1, 0.15) is 0 Å². The van der Waals surface area contributed by atoms with Gasteiger partial charge in [-0.15, -0.1) is 0 Å². The van der Waals surface area contributed by atoms with Gasteiger partial charge >= 0.3 is 0 Å². The van der Waals surface area contributed by atoms with Crippen molar-refractivity contribution in [3.63, 3.8) is 0 Å². The lowest BCUT2D eigenvalue weighted by Crippen LogP contribution is -2.34. The highest BCUT2D eigenvalue weighted by Gasteiger charge is 2.37. The van der Waals surface area contributed by atoms with Crippen molar-refractivity contribution in [1.29, 1.82) is 0 Å². The zero-order valence-corrected chi connectivity index (χ0v) is 13.5. The molecule has 0 spiro atoms. The minimum absolute atomic E-state index is 0.00155. The van der Waals surface area contributed by atoms with Crippen molar-refractivity contribution in [3.8, 4) is 0 Å². The summed E-state index contributed by atoms with van der Waals surface area (Å²) in [7, 11) is 0. The molecular formula is C17H24ClF2N. The monoisotopic (exact) mass is 315 g/mol. The van der Waals surface area contributed by atoms with Gasteiger partial charge in [0.2, 0.25) is 5.92 Å². The van der Waals surface area contributed by atoms with Gasteiger partial charge in [0.25, 0.3) is 0 Å². The van der Waals surface area contributed by atoms with Crippen molar-refractivity contribution in [3.05, 3.63) is 34.3 Å². The van der Waals surface area contributed by atoms with Gasteiger partial charge in [0.05, 0.1) is 0 Å². The topological polar surface area (TPSA) is 12.0 Å². The molecular weight excluding hydrogens is 292 g/mol. The Balaban J connectivity index is 2.16. The Bertz CT molecular complexity index is 466. The highest BCUT2D eigenvalue weighted by Crippen LogP contribution is 2.41. The molecule has 1 aliphatic rings. The van der Waals surface area contributed by atoms with Crippen LogP contribution in [0, 0.1) is 12.8 Å². The van der Waals surface area contributed by atoms with Crippen molar-refractivity contribution >= 4 is 11.6 Å². The van der Waals surface area contributed by atoms with E-state index in [1.807, 2.05) is 19.1 Å². The molecule has 1 fully saturated rings. The average molecular weight is 316 g/mol. The van der Waals surface area contributed by atoms with Gasteiger partial charge in [0.15, 0.2) is 0 Å². The highest BCUT2D eigenvalue weighted by atomic mass is 35.5. The third-order valence-electron chi connectivity index (χ3n) is 4.40. The third kappa shape index (κ3) is 4.40. The Labute approximate surface area is 131 Å². The molecule has 0 radical (unpaired) electrons. The normalized spacial score (nSPS) is 20.4. The van der Waals surface area contributed by atoms with Gasteiger partial charge in [-0.05, 0) is 55.8 Å². The highest BCUT2D eigenvalue weighted by molar-refractivity contribution is 6.31. The van der Waals surface area contributed by atoms with E-state index in [0.717, 1.165) is 29.1 Å². The molecule has 4 heteroatoms. The molecule has 0 bridgehead atoms. The fourth-order valence-electron chi connectivity index (χ4n) is 3.05. The predicted molar refractivity (Wildman–Crippen MR) is 84.1 cm³/mol. The van der Waals surface area contributed by atoms with Crippen LogP contribution in [0.15, 0.2) is 18.2 Å². The fraction of sp³-hybridized carbons (Fsp3) is 0.647. The summed E-state index contributed by atoms with van der Waals surface area (Å²) in [5.74, 6) is -2.22. The van der Waals surface area contributed by atoms with Gasteiger partial charge in [-0.3, -0.25) is 0 Å². The minimum Gasteiger partial charge on any atom is -0.310 e. The van der Waals surface area contributed by atoms with E-state index >= 15 is 0 Å². The average Bonchev–Trinajstić information content (AvgIpc) is 2.44. The van der Waals surface area contributed by atoms with Crippen LogP contribution in [-0.4, -0.2) is 12.5 Å². The standard InChI is InChI=1S/C17H24ClF2N/c1-3-10-21-16(13-6-8-17(19,20)9-7-13)14-5-4-12(2)15(18)11-14/h4-5,11,13,16,21H,3,6-10H2,1-2H3. The molecule has 0 aliphatic heterocycles. The lowest BCUT2D eigenvalue weighted by Gasteiger charge is -2.34. The van der Waals surface area contributed by atoms with Gasteiger partial charge in [-0.2, -0.15) is 0 Å². The second-order valence-corrected chi connectivity index (χ2v) is 6.54. The van der Waals surface area contributed by atoms with Crippen molar-refractivity contribution in [2.24, 2.45) is 5.92 Å². The van der Waals surface area contributed by atoms with E-state index in [0.29, 0.717) is 12.8 Å². The quantitative estimate of drug-likeness (QED) is 0.755. The number of alkyl halides is 2. The number of nitrogens with one attached hydrogen (secondary N) is 1. The van der Waals surface area contributed by atoms with Crippen molar-refractivity contribution in [2.45, 2.75) is 57.9 Å². The molecule has 1 atom stereocenters. The summed E-state index contributed by atoms with van der Waals surface area (Å²) in [6.07, 6.45) is 2.17. The SMILES string of the molecule is CCCNC(c1ccc(C)c(Cl)c1)C1CCC(F)(F)CC1. The van der Waals surface area contributed by atoms with Crippen molar-refractivity contribution in [2.75, 3.05) is 6.54 Å². The molecule has 21 heavy (non-hydrogen) atoms. The molecule has 0 heterocycles. The molecule has 1 unspecified atom stereocenters. The first kappa shape index (κ1) is 16.7. The Kier molecular flexibility index (Phi) is 5.61. The van der Waals surface area contributed by atoms with Gasteiger partial charge in [-0.25, -0.2) is 8.78 Å². The molecule has 1 saturated carbocycles. The molecule has 2 rings (SSSR count). The van der Waals surface area contributed by atoms with Gasteiger partial charge < -0.3 is 5.32 Å². The van der Waals surface area contributed by atoms with E-state index < -0.39 is 5.92 Å². The van der Waals surface area contributed by atoms with Crippen LogP contribution in [0.1, 0.15) is 56.2 Å². The van der Waals surface area contributed by atoms with Gasteiger partial charge in [-0.1, -0.05) is 30.7 Å². The Hall–Kier alpha value is -0.670. The van der Waals surface area contributed by atoms with Crippen LogP contribution in [-0.2, 0) is 0 Å². The zero-order chi connectivity index (χ0) is 15.5. The Morgan fingerprint density at radius 3 is 2.57 bits per heavy atom. The van der Waals surface area contributed by atoms with E-state index in [-0.39, 0.29) is 24.8 Å². The second kappa shape index (κ2) is 7.06. The van der Waals surface area contributed by atoms with Crippen molar-refractivity contribution in [1.82, 2.24) is 5.32 Å². The maximum absolute atomic E-state index is 13.4. The summed E-state index contributed by atoms with van der Waals surface area (Å²) in [5.41, 5.74) is 2.17. The zero-order valence-electron chi connectivity index (χ0n) is 12.8. The fourth-order valence-corrected chi connectivity index (χ4v) is 3.24. The van der Waals surface area contributed by atoms with Crippen LogP contribution in [0.3, 0.4) is 0 Å². The molecule has 1 N–H and O–H groups in total. The first-order valence-electron chi connectivity index (χ1n) is 7.80. The molecule has 1 nitrogen and oxygen atoms in total. The third-order valence-corrected chi connectivity index (χ3v) is 4.81. The second-order valence-electron chi connectivity index (χ2n) is 6.13. The summed E-state index contributed by atoms with van der Waals surface area (Å²) in [6, 6.07) is 6.19. The van der Waals surface area contributed by atoms with E-state index in [4.69, 9.17) is 11.6 Å². The van der Waals surface area contributed by atoms with Crippen LogP contribution in [0.5, 0.6) is 0 Å². The lowest BCUT2D eigenvalue weighted by molar-refractivity contribution is -0.0497. The summed E-state index contributed by atoms with van der Waals surface area (Å²) >= 11 is 6.23. The number of benzene rings is 1. The molecule has 1 aromatic rings.